The van der Waals surface area contributed by atoms with Gasteiger partial charge < -0.3 is 29.2 Å². The summed E-state index contributed by atoms with van der Waals surface area (Å²) in [7, 11) is 3.55. The number of ether oxygens (including phenoxy) is 4. The zero-order valence-electron chi connectivity index (χ0n) is 15.9. The Hall–Kier alpha value is -0.890. The van der Waals surface area contributed by atoms with E-state index in [4.69, 9.17) is 18.9 Å². The van der Waals surface area contributed by atoms with E-state index in [9.17, 15) is 0 Å². The molecule has 0 aromatic carbocycles. The maximum atomic E-state index is 5.90. The highest BCUT2D eigenvalue weighted by Crippen LogP contribution is 2.16. The number of hydrogen-bond donors (Lipinski definition) is 1. The Morgan fingerprint density at radius 3 is 2.80 bits per heavy atom. The number of rotatable bonds is 10. The van der Waals surface area contributed by atoms with E-state index < -0.39 is 0 Å². The lowest BCUT2D eigenvalue weighted by molar-refractivity contribution is -0.0320. The van der Waals surface area contributed by atoms with Gasteiger partial charge in [0, 0.05) is 59.5 Å². The molecule has 2 saturated heterocycles. The van der Waals surface area contributed by atoms with E-state index in [0.717, 1.165) is 77.7 Å². The Bertz CT molecular complexity index is 375. The van der Waals surface area contributed by atoms with Crippen molar-refractivity contribution < 1.29 is 18.9 Å². The number of nitrogens with zero attached hydrogens (tertiary/aromatic N) is 2. The third-order valence-corrected chi connectivity index (χ3v) is 4.71. The van der Waals surface area contributed by atoms with Crippen molar-refractivity contribution in [3.63, 3.8) is 0 Å². The van der Waals surface area contributed by atoms with Crippen LogP contribution in [-0.4, -0.2) is 90.4 Å². The van der Waals surface area contributed by atoms with Gasteiger partial charge in [0.15, 0.2) is 5.96 Å². The fraction of sp³-hybridized carbons (Fsp3) is 0.944. The maximum absolute atomic E-state index is 5.90. The van der Waals surface area contributed by atoms with E-state index >= 15 is 0 Å². The summed E-state index contributed by atoms with van der Waals surface area (Å²) in [6.45, 7) is 7.54. The number of guanidine groups is 1. The van der Waals surface area contributed by atoms with E-state index in [0.29, 0.717) is 25.2 Å². The van der Waals surface area contributed by atoms with E-state index in [1.54, 1.807) is 7.11 Å². The van der Waals surface area contributed by atoms with Crippen molar-refractivity contribution in [2.24, 2.45) is 10.9 Å². The summed E-state index contributed by atoms with van der Waals surface area (Å²) in [6, 6.07) is 0. The zero-order valence-corrected chi connectivity index (χ0v) is 15.9. The molecule has 1 atom stereocenters. The standard InChI is InChI=1S/C18H35N3O4/c1-19-18(20-7-3-9-25-17-5-10-23-11-6-17)21-8-4-16(14-21)15-24-13-12-22-2/h16-17H,3-15H2,1-2H3,(H,19,20). The monoisotopic (exact) mass is 357 g/mol. The molecule has 7 nitrogen and oxygen atoms in total. The summed E-state index contributed by atoms with van der Waals surface area (Å²) in [4.78, 5) is 6.74. The zero-order chi connectivity index (χ0) is 17.7. The molecule has 0 amide bonds. The van der Waals surface area contributed by atoms with Gasteiger partial charge in [0.25, 0.3) is 0 Å². The van der Waals surface area contributed by atoms with E-state index in [1.165, 1.54) is 0 Å². The van der Waals surface area contributed by atoms with Gasteiger partial charge in [-0.15, -0.1) is 0 Å². The molecule has 0 saturated carbocycles. The topological polar surface area (TPSA) is 64.6 Å². The molecule has 2 fully saturated rings. The predicted octanol–water partition coefficient (Wildman–Crippen LogP) is 1.13. The van der Waals surface area contributed by atoms with E-state index in [2.05, 4.69) is 15.2 Å². The summed E-state index contributed by atoms with van der Waals surface area (Å²) in [5.74, 6) is 1.57. The highest BCUT2D eigenvalue weighted by molar-refractivity contribution is 5.80. The second-order valence-electron chi connectivity index (χ2n) is 6.68. The SMILES string of the molecule is CN=C(NCCCOC1CCOCC1)N1CCC(COCCOC)C1. The van der Waals surface area contributed by atoms with Crippen molar-refractivity contribution in [1.29, 1.82) is 0 Å². The van der Waals surface area contributed by atoms with Gasteiger partial charge in [0.1, 0.15) is 0 Å². The van der Waals surface area contributed by atoms with Gasteiger partial charge >= 0.3 is 0 Å². The summed E-state index contributed by atoms with van der Waals surface area (Å²) in [6.07, 6.45) is 4.58. The van der Waals surface area contributed by atoms with Crippen molar-refractivity contribution in [3.05, 3.63) is 0 Å². The molecule has 7 heteroatoms. The van der Waals surface area contributed by atoms with Crippen molar-refractivity contribution in [2.75, 3.05) is 73.4 Å². The lowest BCUT2D eigenvalue weighted by Crippen LogP contribution is -2.41. The maximum Gasteiger partial charge on any atom is 0.193 e. The summed E-state index contributed by atoms with van der Waals surface area (Å²) >= 11 is 0. The van der Waals surface area contributed by atoms with Crippen LogP contribution < -0.4 is 5.32 Å². The Labute approximate surface area is 152 Å². The minimum atomic E-state index is 0.380. The van der Waals surface area contributed by atoms with Crippen LogP contribution in [-0.2, 0) is 18.9 Å². The number of likely N-dealkylation sites (tertiary alicyclic amines) is 1. The minimum absolute atomic E-state index is 0.380. The summed E-state index contributed by atoms with van der Waals surface area (Å²) in [5.41, 5.74) is 0. The van der Waals surface area contributed by atoms with Crippen LogP contribution >= 0.6 is 0 Å². The highest BCUT2D eigenvalue weighted by Gasteiger charge is 2.24. The number of nitrogens with one attached hydrogen (secondary N) is 1. The molecule has 0 aliphatic carbocycles. The normalized spacial score (nSPS) is 22.6. The van der Waals surface area contributed by atoms with Gasteiger partial charge in [-0.25, -0.2) is 0 Å². The van der Waals surface area contributed by atoms with Crippen molar-refractivity contribution in [2.45, 2.75) is 31.8 Å². The lowest BCUT2D eigenvalue weighted by Gasteiger charge is -2.23. The van der Waals surface area contributed by atoms with Crippen LogP contribution in [0.15, 0.2) is 4.99 Å². The summed E-state index contributed by atoms with van der Waals surface area (Å²) in [5, 5.41) is 3.46. The first kappa shape index (κ1) is 20.4. The molecule has 0 radical (unpaired) electrons. The third-order valence-electron chi connectivity index (χ3n) is 4.71. The van der Waals surface area contributed by atoms with Gasteiger partial charge in [0.05, 0.1) is 25.9 Å². The smallest absolute Gasteiger partial charge is 0.193 e. The second kappa shape index (κ2) is 12.5. The quantitative estimate of drug-likeness (QED) is 0.359. The molecule has 0 aromatic rings. The van der Waals surface area contributed by atoms with E-state index in [-0.39, 0.29) is 0 Å². The molecular weight excluding hydrogens is 322 g/mol. The molecule has 2 heterocycles. The molecule has 0 bridgehead atoms. The molecule has 146 valence electrons. The van der Waals surface area contributed by atoms with Gasteiger partial charge in [-0.1, -0.05) is 0 Å². The number of hydrogen-bond acceptors (Lipinski definition) is 5. The Balaban J connectivity index is 1.54. The predicted molar refractivity (Wildman–Crippen MR) is 98.1 cm³/mol. The Kier molecular flexibility index (Phi) is 10.2. The molecule has 1 unspecified atom stereocenters. The molecule has 0 spiro atoms. The van der Waals surface area contributed by atoms with Crippen molar-refractivity contribution in [1.82, 2.24) is 10.2 Å². The van der Waals surface area contributed by atoms with Crippen LogP contribution in [0.4, 0.5) is 0 Å². The highest BCUT2D eigenvalue weighted by atomic mass is 16.5. The van der Waals surface area contributed by atoms with Crippen LogP contribution in [0.3, 0.4) is 0 Å². The first-order valence-electron chi connectivity index (χ1n) is 9.55. The van der Waals surface area contributed by atoms with Gasteiger partial charge in [-0.05, 0) is 25.7 Å². The lowest BCUT2D eigenvalue weighted by atomic mass is 10.1. The molecule has 0 aromatic heterocycles. The first-order valence-corrected chi connectivity index (χ1v) is 9.55. The fourth-order valence-corrected chi connectivity index (χ4v) is 3.25. The molecule has 2 aliphatic heterocycles. The van der Waals surface area contributed by atoms with Crippen LogP contribution in [0.2, 0.25) is 0 Å². The number of methoxy groups -OCH3 is 1. The van der Waals surface area contributed by atoms with Gasteiger partial charge in [-0.3, -0.25) is 4.99 Å². The number of aliphatic imine (C=N–C) groups is 1. The largest absolute Gasteiger partial charge is 0.382 e. The second-order valence-corrected chi connectivity index (χ2v) is 6.68. The van der Waals surface area contributed by atoms with Crippen LogP contribution in [0.5, 0.6) is 0 Å². The molecular formula is C18H35N3O4. The van der Waals surface area contributed by atoms with Crippen LogP contribution in [0.1, 0.15) is 25.7 Å². The molecule has 1 N–H and O–H groups in total. The summed E-state index contributed by atoms with van der Waals surface area (Å²) < 4.78 is 21.9. The average molecular weight is 357 g/mol. The minimum Gasteiger partial charge on any atom is -0.382 e. The van der Waals surface area contributed by atoms with E-state index in [1.807, 2.05) is 7.05 Å². The molecule has 25 heavy (non-hydrogen) atoms. The first-order chi connectivity index (χ1) is 12.3. The fourth-order valence-electron chi connectivity index (χ4n) is 3.25. The van der Waals surface area contributed by atoms with Gasteiger partial charge in [0.2, 0.25) is 0 Å². The third kappa shape index (κ3) is 7.90. The molecule has 2 rings (SSSR count). The van der Waals surface area contributed by atoms with Crippen molar-refractivity contribution in [3.8, 4) is 0 Å². The van der Waals surface area contributed by atoms with Crippen LogP contribution in [0.25, 0.3) is 0 Å². The molecule has 2 aliphatic rings. The van der Waals surface area contributed by atoms with Crippen molar-refractivity contribution >= 4 is 5.96 Å². The average Bonchev–Trinajstić information content (AvgIpc) is 3.11. The van der Waals surface area contributed by atoms with Gasteiger partial charge in [-0.2, -0.15) is 0 Å². The van der Waals surface area contributed by atoms with Crippen LogP contribution in [0, 0.1) is 5.92 Å². The Morgan fingerprint density at radius 2 is 2.04 bits per heavy atom. The Morgan fingerprint density at radius 1 is 1.20 bits per heavy atom.